The lowest BCUT2D eigenvalue weighted by molar-refractivity contribution is 0.187. The normalized spacial score (nSPS) is 21.6. The second-order valence-corrected chi connectivity index (χ2v) is 6.11. The minimum atomic E-state index is -0.141. The van der Waals surface area contributed by atoms with Crippen molar-refractivity contribution in [3.63, 3.8) is 0 Å². The van der Waals surface area contributed by atoms with E-state index in [0.29, 0.717) is 11.6 Å². The Hall–Kier alpha value is -0.800. The molecule has 0 atom stereocenters. The van der Waals surface area contributed by atoms with E-state index in [0.717, 1.165) is 37.8 Å². The van der Waals surface area contributed by atoms with Crippen molar-refractivity contribution >= 4 is 17.3 Å². The van der Waals surface area contributed by atoms with Gasteiger partial charge in [0, 0.05) is 38.1 Å². The summed E-state index contributed by atoms with van der Waals surface area (Å²) in [4.78, 5) is 4.75. The van der Waals surface area contributed by atoms with Gasteiger partial charge in [-0.3, -0.25) is 4.90 Å². The lowest BCUT2D eigenvalue weighted by Gasteiger charge is -2.39. The smallest absolute Gasteiger partial charge is 0.146 e. The Kier molecular flexibility index (Phi) is 4.47. The van der Waals surface area contributed by atoms with Gasteiger partial charge in [0.15, 0.2) is 0 Å². The van der Waals surface area contributed by atoms with E-state index in [9.17, 15) is 4.39 Å². The summed E-state index contributed by atoms with van der Waals surface area (Å²) >= 11 is 5.95. The number of halogens is 2. The summed E-state index contributed by atoms with van der Waals surface area (Å²) in [6, 6.07) is 5.97. The predicted molar refractivity (Wildman–Crippen MR) is 82.0 cm³/mol. The highest BCUT2D eigenvalue weighted by Crippen LogP contribution is 2.29. The van der Waals surface area contributed by atoms with E-state index in [2.05, 4.69) is 9.80 Å². The monoisotopic (exact) mass is 296 g/mol. The molecule has 1 saturated carbocycles. The molecule has 1 saturated heterocycles. The lowest BCUT2D eigenvalue weighted by Crippen LogP contribution is -2.50. The number of alkyl halides is 1. The highest BCUT2D eigenvalue weighted by molar-refractivity contribution is 6.17. The standard InChI is InChI=1S/C16H22ClFN2/c17-12-13-4-3-7-15(18)16(13)20-10-8-19(9-11-20)14-5-1-2-6-14/h3-4,7,14H,1-2,5-6,8-12H2. The molecular formula is C16H22ClFN2. The third-order valence-corrected chi connectivity index (χ3v) is 4.97. The van der Waals surface area contributed by atoms with E-state index < -0.39 is 0 Å². The van der Waals surface area contributed by atoms with Crippen LogP contribution in [0.5, 0.6) is 0 Å². The third-order valence-electron chi connectivity index (χ3n) is 4.69. The Morgan fingerprint density at radius 2 is 1.80 bits per heavy atom. The fourth-order valence-corrected chi connectivity index (χ4v) is 3.82. The Morgan fingerprint density at radius 1 is 1.10 bits per heavy atom. The van der Waals surface area contributed by atoms with Crippen LogP contribution in [0.2, 0.25) is 0 Å². The Labute approximate surface area is 125 Å². The number of benzene rings is 1. The van der Waals surface area contributed by atoms with E-state index in [-0.39, 0.29) is 5.82 Å². The van der Waals surface area contributed by atoms with Crippen molar-refractivity contribution < 1.29 is 4.39 Å². The van der Waals surface area contributed by atoms with Crippen molar-refractivity contribution in [1.82, 2.24) is 4.90 Å². The summed E-state index contributed by atoms with van der Waals surface area (Å²) in [5.74, 6) is 0.230. The number of para-hydroxylation sites is 1. The van der Waals surface area contributed by atoms with Gasteiger partial charge < -0.3 is 4.90 Å². The number of nitrogens with zero attached hydrogens (tertiary/aromatic N) is 2. The molecule has 2 fully saturated rings. The summed E-state index contributed by atoms with van der Waals surface area (Å²) in [6.45, 7) is 3.89. The number of hydrogen-bond donors (Lipinski definition) is 0. The van der Waals surface area contributed by atoms with E-state index >= 15 is 0 Å². The zero-order valence-corrected chi connectivity index (χ0v) is 12.6. The van der Waals surface area contributed by atoms with Crippen LogP contribution in [0.25, 0.3) is 0 Å². The van der Waals surface area contributed by atoms with Crippen LogP contribution < -0.4 is 4.90 Å². The average molecular weight is 297 g/mol. The molecule has 0 bridgehead atoms. The first-order valence-corrected chi connectivity index (χ1v) is 8.15. The van der Waals surface area contributed by atoms with Gasteiger partial charge in [-0.2, -0.15) is 0 Å². The van der Waals surface area contributed by atoms with Crippen molar-refractivity contribution in [2.45, 2.75) is 37.6 Å². The second-order valence-electron chi connectivity index (χ2n) is 5.84. The van der Waals surface area contributed by atoms with Crippen molar-refractivity contribution in [1.29, 1.82) is 0 Å². The second kappa shape index (κ2) is 6.31. The molecule has 1 heterocycles. The molecule has 0 unspecified atom stereocenters. The molecule has 0 spiro atoms. The van der Waals surface area contributed by atoms with Gasteiger partial charge in [0.2, 0.25) is 0 Å². The van der Waals surface area contributed by atoms with Gasteiger partial charge in [-0.25, -0.2) is 4.39 Å². The SMILES string of the molecule is Fc1cccc(CCl)c1N1CCN(C2CCCC2)CC1. The van der Waals surface area contributed by atoms with Crippen molar-refractivity contribution in [2.24, 2.45) is 0 Å². The highest BCUT2D eigenvalue weighted by Gasteiger charge is 2.27. The summed E-state index contributed by atoms with van der Waals surface area (Å²) in [6.07, 6.45) is 5.42. The molecule has 0 N–H and O–H groups in total. The van der Waals surface area contributed by atoms with Gasteiger partial charge in [-0.05, 0) is 24.5 Å². The maximum atomic E-state index is 14.1. The van der Waals surface area contributed by atoms with E-state index in [1.54, 1.807) is 6.07 Å². The molecule has 1 aliphatic heterocycles. The van der Waals surface area contributed by atoms with Crippen LogP contribution in [0.1, 0.15) is 31.2 Å². The number of rotatable bonds is 3. The fraction of sp³-hybridized carbons (Fsp3) is 0.625. The van der Waals surface area contributed by atoms with E-state index in [1.165, 1.54) is 31.7 Å². The van der Waals surface area contributed by atoms with Gasteiger partial charge in [-0.15, -0.1) is 11.6 Å². The van der Waals surface area contributed by atoms with Crippen LogP contribution in [0.15, 0.2) is 18.2 Å². The molecule has 2 nitrogen and oxygen atoms in total. The highest BCUT2D eigenvalue weighted by atomic mass is 35.5. The van der Waals surface area contributed by atoms with Gasteiger partial charge in [0.25, 0.3) is 0 Å². The maximum absolute atomic E-state index is 14.1. The van der Waals surface area contributed by atoms with Crippen LogP contribution in [-0.2, 0) is 5.88 Å². The molecule has 0 radical (unpaired) electrons. The first kappa shape index (κ1) is 14.2. The molecule has 110 valence electrons. The summed E-state index contributed by atoms with van der Waals surface area (Å²) in [5, 5.41) is 0. The van der Waals surface area contributed by atoms with Gasteiger partial charge in [0.1, 0.15) is 5.82 Å². The molecule has 2 aliphatic rings. The topological polar surface area (TPSA) is 6.48 Å². The zero-order valence-electron chi connectivity index (χ0n) is 11.8. The van der Waals surface area contributed by atoms with Crippen molar-refractivity contribution in [2.75, 3.05) is 31.1 Å². The van der Waals surface area contributed by atoms with Gasteiger partial charge in [-0.1, -0.05) is 25.0 Å². The van der Waals surface area contributed by atoms with Crippen LogP contribution in [-0.4, -0.2) is 37.1 Å². The zero-order chi connectivity index (χ0) is 13.9. The molecule has 4 heteroatoms. The minimum Gasteiger partial charge on any atom is -0.366 e. The van der Waals surface area contributed by atoms with Crippen LogP contribution in [0.4, 0.5) is 10.1 Å². The largest absolute Gasteiger partial charge is 0.366 e. The summed E-state index contributed by atoms with van der Waals surface area (Å²) in [5.41, 5.74) is 1.62. The third kappa shape index (κ3) is 2.79. The molecule has 1 aliphatic carbocycles. The fourth-order valence-electron chi connectivity index (χ4n) is 3.60. The Bertz CT molecular complexity index is 452. The quantitative estimate of drug-likeness (QED) is 0.786. The number of anilines is 1. The molecule has 1 aromatic carbocycles. The van der Waals surface area contributed by atoms with Crippen LogP contribution in [0.3, 0.4) is 0 Å². The molecular weight excluding hydrogens is 275 g/mol. The van der Waals surface area contributed by atoms with E-state index in [1.807, 2.05) is 6.07 Å². The molecule has 1 aromatic rings. The van der Waals surface area contributed by atoms with E-state index in [4.69, 9.17) is 11.6 Å². The van der Waals surface area contributed by atoms with Crippen molar-refractivity contribution in [3.05, 3.63) is 29.6 Å². The summed E-state index contributed by atoms with van der Waals surface area (Å²) < 4.78 is 14.1. The predicted octanol–water partition coefficient (Wildman–Crippen LogP) is 3.63. The Morgan fingerprint density at radius 3 is 2.45 bits per heavy atom. The van der Waals surface area contributed by atoms with Gasteiger partial charge >= 0.3 is 0 Å². The molecule has 20 heavy (non-hydrogen) atoms. The number of piperazine rings is 1. The minimum absolute atomic E-state index is 0.141. The molecule has 3 rings (SSSR count). The maximum Gasteiger partial charge on any atom is 0.146 e. The Balaban J connectivity index is 1.68. The number of hydrogen-bond acceptors (Lipinski definition) is 2. The molecule has 0 aromatic heterocycles. The first-order valence-electron chi connectivity index (χ1n) is 7.62. The van der Waals surface area contributed by atoms with Crippen molar-refractivity contribution in [3.8, 4) is 0 Å². The average Bonchev–Trinajstić information content (AvgIpc) is 3.01. The van der Waals surface area contributed by atoms with Gasteiger partial charge in [0.05, 0.1) is 5.69 Å². The first-order chi connectivity index (χ1) is 9.79. The summed E-state index contributed by atoms with van der Waals surface area (Å²) in [7, 11) is 0. The lowest BCUT2D eigenvalue weighted by atomic mass is 10.1. The van der Waals surface area contributed by atoms with Crippen LogP contribution in [0, 0.1) is 5.82 Å². The molecule has 0 amide bonds. The van der Waals surface area contributed by atoms with Crippen LogP contribution >= 0.6 is 11.6 Å².